The van der Waals surface area contributed by atoms with Crippen molar-refractivity contribution in [1.82, 2.24) is 0 Å². The molecule has 3 aromatic carbocycles. The van der Waals surface area contributed by atoms with Crippen LogP contribution in [-0.4, -0.2) is 40.7 Å². The van der Waals surface area contributed by atoms with Crippen LogP contribution in [0.2, 0.25) is 0 Å². The molecule has 0 fully saturated rings. The molecule has 7 heteroatoms. The van der Waals surface area contributed by atoms with Crippen LogP contribution in [0.3, 0.4) is 0 Å². The molecule has 6 nitrogen and oxygen atoms in total. The maximum Gasteiger partial charge on any atom is 0.203 e. The molecule has 4 aromatic rings. The lowest BCUT2D eigenvalue weighted by Crippen LogP contribution is -1.96. The van der Waals surface area contributed by atoms with E-state index in [4.69, 9.17) is 23.7 Å². The van der Waals surface area contributed by atoms with E-state index >= 15 is 0 Å². The zero-order chi connectivity index (χ0) is 22.8. The van der Waals surface area contributed by atoms with Crippen LogP contribution in [0.4, 0.5) is 0 Å². The van der Waals surface area contributed by atoms with Gasteiger partial charge in [0.1, 0.15) is 5.75 Å². The maximum atomic E-state index is 10.4. The van der Waals surface area contributed by atoms with E-state index in [1.54, 1.807) is 51.9 Å². The molecule has 0 aliphatic heterocycles. The molecule has 0 amide bonds. The van der Waals surface area contributed by atoms with Crippen molar-refractivity contribution in [3.8, 4) is 56.1 Å². The van der Waals surface area contributed by atoms with Gasteiger partial charge in [0.05, 0.1) is 35.5 Å². The smallest absolute Gasteiger partial charge is 0.203 e. The fourth-order valence-corrected chi connectivity index (χ4v) is 5.00. The van der Waals surface area contributed by atoms with Crippen LogP contribution in [0, 0.1) is 0 Å². The standard InChI is InChI=1S/C25H24O6S/c1-27-16-7-8-17-22(13-16)32-25(14-6-9-19(28-2)18(26)10-14)23(17)15-11-20(29-3)24(31-5)21(12-15)30-4/h6-13,26H,1-5H3. The Kier molecular flexibility index (Phi) is 6.01. The molecular weight excluding hydrogens is 428 g/mol. The Morgan fingerprint density at radius 1 is 0.656 bits per heavy atom. The van der Waals surface area contributed by atoms with Crippen LogP contribution in [-0.2, 0) is 0 Å². The first-order chi connectivity index (χ1) is 15.5. The van der Waals surface area contributed by atoms with Crippen LogP contribution in [0.5, 0.6) is 34.5 Å². The Balaban J connectivity index is 2.04. The number of ether oxygens (including phenoxy) is 5. The fourth-order valence-electron chi connectivity index (χ4n) is 3.75. The maximum absolute atomic E-state index is 10.4. The molecular formula is C25H24O6S. The third kappa shape index (κ3) is 3.65. The van der Waals surface area contributed by atoms with Crippen LogP contribution in [0.25, 0.3) is 31.7 Å². The number of fused-ring (bicyclic) bond motifs is 1. The number of thiophene rings is 1. The summed E-state index contributed by atoms with van der Waals surface area (Å²) in [6, 6.07) is 15.2. The lowest BCUT2D eigenvalue weighted by molar-refractivity contribution is 0.324. The van der Waals surface area contributed by atoms with E-state index in [9.17, 15) is 5.11 Å². The number of benzene rings is 3. The number of hydrogen-bond acceptors (Lipinski definition) is 7. The van der Waals surface area contributed by atoms with Crippen molar-refractivity contribution < 1.29 is 28.8 Å². The van der Waals surface area contributed by atoms with Crippen molar-refractivity contribution in [3.63, 3.8) is 0 Å². The van der Waals surface area contributed by atoms with Crippen LogP contribution in [0.1, 0.15) is 0 Å². The number of hydrogen-bond donors (Lipinski definition) is 1. The minimum absolute atomic E-state index is 0.0795. The van der Waals surface area contributed by atoms with Gasteiger partial charge in [0.15, 0.2) is 23.0 Å². The van der Waals surface area contributed by atoms with E-state index in [0.29, 0.717) is 23.0 Å². The molecule has 0 saturated carbocycles. The Bertz CT molecular complexity index is 1250. The van der Waals surface area contributed by atoms with E-state index in [2.05, 4.69) is 0 Å². The normalized spacial score (nSPS) is 10.8. The van der Waals surface area contributed by atoms with Crippen molar-refractivity contribution in [2.75, 3.05) is 35.5 Å². The first-order valence-corrected chi connectivity index (χ1v) is 10.6. The van der Waals surface area contributed by atoms with Crippen LogP contribution in [0.15, 0.2) is 48.5 Å². The van der Waals surface area contributed by atoms with E-state index in [1.807, 2.05) is 36.4 Å². The van der Waals surface area contributed by atoms with Gasteiger partial charge >= 0.3 is 0 Å². The predicted octanol–water partition coefficient (Wildman–Crippen LogP) is 5.98. The molecule has 1 aromatic heterocycles. The average molecular weight is 453 g/mol. The van der Waals surface area contributed by atoms with Crippen LogP contribution < -0.4 is 23.7 Å². The topological polar surface area (TPSA) is 66.4 Å². The molecule has 0 saturated heterocycles. The average Bonchev–Trinajstić information content (AvgIpc) is 3.21. The predicted molar refractivity (Wildman–Crippen MR) is 127 cm³/mol. The van der Waals surface area contributed by atoms with Gasteiger partial charge in [0.2, 0.25) is 5.75 Å². The van der Waals surface area contributed by atoms with Crippen molar-refractivity contribution in [1.29, 1.82) is 0 Å². The van der Waals surface area contributed by atoms with Gasteiger partial charge in [0.25, 0.3) is 0 Å². The summed E-state index contributed by atoms with van der Waals surface area (Å²) in [5.74, 6) is 2.95. The number of rotatable bonds is 7. The van der Waals surface area contributed by atoms with Gasteiger partial charge in [-0.25, -0.2) is 0 Å². The first-order valence-electron chi connectivity index (χ1n) is 9.82. The largest absolute Gasteiger partial charge is 0.504 e. The first kappa shape index (κ1) is 21.6. The molecule has 1 N–H and O–H groups in total. The Hall–Kier alpha value is -3.58. The Morgan fingerprint density at radius 3 is 1.91 bits per heavy atom. The van der Waals surface area contributed by atoms with Gasteiger partial charge in [-0.2, -0.15) is 0 Å². The van der Waals surface area contributed by atoms with E-state index < -0.39 is 0 Å². The molecule has 0 atom stereocenters. The van der Waals surface area contributed by atoms with Gasteiger partial charge in [-0.15, -0.1) is 11.3 Å². The summed E-state index contributed by atoms with van der Waals surface area (Å²) in [6.45, 7) is 0. The summed E-state index contributed by atoms with van der Waals surface area (Å²) in [6.07, 6.45) is 0. The second-order valence-electron chi connectivity index (χ2n) is 6.97. The minimum Gasteiger partial charge on any atom is -0.504 e. The molecule has 0 aliphatic carbocycles. The zero-order valence-electron chi connectivity index (χ0n) is 18.5. The highest BCUT2D eigenvalue weighted by atomic mass is 32.1. The lowest BCUT2D eigenvalue weighted by atomic mass is 9.97. The van der Waals surface area contributed by atoms with E-state index in [0.717, 1.165) is 37.4 Å². The molecule has 32 heavy (non-hydrogen) atoms. The van der Waals surface area contributed by atoms with Crippen molar-refractivity contribution in [2.45, 2.75) is 0 Å². The molecule has 1 heterocycles. The second-order valence-corrected chi connectivity index (χ2v) is 8.02. The summed E-state index contributed by atoms with van der Waals surface area (Å²) in [7, 11) is 7.96. The van der Waals surface area contributed by atoms with Gasteiger partial charge in [-0.1, -0.05) is 0 Å². The number of phenolic OH excluding ortho intramolecular Hbond substituents is 1. The molecule has 4 rings (SSSR count). The summed E-state index contributed by atoms with van der Waals surface area (Å²) in [4.78, 5) is 0.987. The van der Waals surface area contributed by atoms with Gasteiger partial charge < -0.3 is 28.8 Å². The number of phenols is 1. The molecule has 0 unspecified atom stereocenters. The van der Waals surface area contributed by atoms with E-state index in [1.165, 1.54) is 7.11 Å². The Labute approximate surface area is 190 Å². The van der Waals surface area contributed by atoms with Gasteiger partial charge in [0, 0.05) is 20.5 Å². The van der Waals surface area contributed by atoms with Gasteiger partial charge in [-0.05, 0) is 59.7 Å². The van der Waals surface area contributed by atoms with Crippen molar-refractivity contribution >= 4 is 21.4 Å². The Morgan fingerprint density at radius 2 is 1.34 bits per heavy atom. The third-order valence-electron chi connectivity index (χ3n) is 5.29. The highest BCUT2D eigenvalue weighted by Gasteiger charge is 2.21. The summed E-state index contributed by atoms with van der Waals surface area (Å²) in [5, 5.41) is 11.5. The summed E-state index contributed by atoms with van der Waals surface area (Å²) < 4.78 is 28.4. The molecule has 0 bridgehead atoms. The molecule has 166 valence electrons. The van der Waals surface area contributed by atoms with Crippen LogP contribution >= 0.6 is 11.3 Å². The lowest BCUT2D eigenvalue weighted by Gasteiger charge is -2.15. The fraction of sp³-hybridized carbons (Fsp3) is 0.200. The van der Waals surface area contributed by atoms with Gasteiger partial charge in [-0.3, -0.25) is 0 Å². The quantitative estimate of drug-likeness (QED) is 0.372. The zero-order valence-corrected chi connectivity index (χ0v) is 19.3. The van der Waals surface area contributed by atoms with E-state index in [-0.39, 0.29) is 5.75 Å². The van der Waals surface area contributed by atoms with Crippen molar-refractivity contribution in [3.05, 3.63) is 48.5 Å². The number of methoxy groups -OCH3 is 5. The third-order valence-corrected chi connectivity index (χ3v) is 6.49. The molecule has 0 radical (unpaired) electrons. The van der Waals surface area contributed by atoms with Crippen molar-refractivity contribution in [2.24, 2.45) is 0 Å². The minimum atomic E-state index is 0.0795. The summed E-state index contributed by atoms with van der Waals surface area (Å²) in [5.41, 5.74) is 2.77. The monoisotopic (exact) mass is 452 g/mol. The number of aromatic hydroxyl groups is 1. The summed E-state index contributed by atoms with van der Waals surface area (Å²) >= 11 is 1.62. The highest BCUT2D eigenvalue weighted by molar-refractivity contribution is 7.23. The molecule has 0 spiro atoms. The highest BCUT2D eigenvalue weighted by Crippen LogP contribution is 2.50. The second kappa shape index (κ2) is 8.88. The molecule has 0 aliphatic rings. The SMILES string of the molecule is COc1ccc2c(-c3cc(OC)c(OC)c(OC)c3)c(-c3ccc(OC)c(O)c3)sc2c1.